The van der Waals surface area contributed by atoms with Gasteiger partial charge in [0.25, 0.3) is 0 Å². The van der Waals surface area contributed by atoms with Crippen molar-refractivity contribution in [2.24, 2.45) is 17.6 Å². The van der Waals surface area contributed by atoms with E-state index < -0.39 is 0 Å². The molecule has 1 unspecified atom stereocenters. The molecule has 0 heterocycles. The van der Waals surface area contributed by atoms with Crippen molar-refractivity contribution < 1.29 is 4.79 Å². The highest BCUT2D eigenvalue weighted by molar-refractivity contribution is 5.81. The molecule has 0 aliphatic rings. The maximum absolute atomic E-state index is 11.5. The topological polar surface area (TPSA) is 55.1 Å². The minimum atomic E-state index is -0.348. The second-order valence-electron chi connectivity index (χ2n) is 4.49. The van der Waals surface area contributed by atoms with Crippen LogP contribution in [0.4, 0.5) is 0 Å². The highest BCUT2D eigenvalue weighted by Gasteiger charge is 2.14. The molecule has 2 atom stereocenters. The molecule has 0 fully saturated rings. The molecule has 0 aromatic heterocycles. The van der Waals surface area contributed by atoms with Crippen LogP contribution in [-0.4, -0.2) is 18.5 Å². The number of hydrogen-bond acceptors (Lipinski definition) is 2. The van der Waals surface area contributed by atoms with Crippen LogP contribution in [0, 0.1) is 11.8 Å². The van der Waals surface area contributed by atoms with Gasteiger partial charge in [-0.1, -0.05) is 34.1 Å². The predicted octanol–water partition coefficient (Wildman–Crippen LogP) is 1.52. The Hall–Kier alpha value is -0.570. The SMILES string of the molecule is CCC(C)CNC(=O)[C@@H](N)CC(C)C. The second kappa shape index (κ2) is 6.82. The predicted molar refractivity (Wildman–Crippen MR) is 59.9 cm³/mol. The van der Waals surface area contributed by atoms with Crippen molar-refractivity contribution in [3.05, 3.63) is 0 Å². The van der Waals surface area contributed by atoms with Gasteiger partial charge in [0.05, 0.1) is 6.04 Å². The highest BCUT2D eigenvalue weighted by atomic mass is 16.2. The largest absolute Gasteiger partial charge is 0.354 e. The summed E-state index contributed by atoms with van der Waals surface area (Å²) < 4.78 is 0. The Kier molecular flexibility index (Phi) is 6.54. The van der Waals surface area contributed by atoms with E-state index in [0.29, 0.717) is 11.8 Å². The maximum atomic E-state index is 11.5. The quantitative estimate of drug-likeness (QED) is 0.683. The van der Waals surface area contributed by atoms with E-state index in [-0.39, 0.29) is 11.9 Å². The van der Waals surface area contributed by atoms with Crippen molar-refractivity contribution in [1.29, 1.82) is 0 Å². The number of carbonyl (C=O) groups is 1. The summed E-state index contributed by atoms with van der Waals surface area (Å²) in [6, 6.07) is -0.348. The van der Waals surface area contributed by atoms with Gasteiger partial charge in [0.1, 0.15) is 0 Å². The first kappa shape index (κ1) is 13.4. The van der Waals surface area contributed by atoms with Gasteiger partial charge in [0.15, 0.2) is 0 Å². The average Bonchev–Trinajstić information content (AvgIpc) is 2.12. The van der Waals surface area contributed by atoms with Gasteiger partial charge in [-0.2, -0.15) is 0 Å². The van der Waals surface area contributed by atoms with Gasteiger partial charge in [-0.25, -0.2) is 0 Å². The van der Waals surface area contributed by atoms with Crippen molar-refractivity contribution in [2.45, 2.75) is 46.6 Å². The Morgan fingerprint density at radius 1 is 1.36 bits per heavy atom. The summed E-state index contributed by atoms with van der Waals surface area (Å²) in [7, 11) is 0. The van der Waals surface area contributed by atoms with E-state index in [0.717, 1.165) is 19.4 Å². The average molecular weight is 200 g/mol. The van der Waals surface area contributed by atoms with Crippen molar-refractivity contribution in [1.82, 2.24) is 5.32 Å². The zero-order valence-corrected chi connectivity index (χ0v) is 9.84. The third kappa shape index (κ3) is 5.97. The number of hydrogen-bond donors (Lipinski definition) is 2. The number of nitrogens with two attached hydrogens (primary N) is 1. The zero-order valence-electron chi connectivity index (χ0n) is 9.84. The molecular weight excluding hydrogens is 176 g/mol. The lowest BCUT2D eigenvalue weighted by molar-refractivity contribution is -0.122. The summed E-state index contributed by atoms with van der Waals surface area (Å²) in [5.41, 5.74) is 5.73. The van der Waals surface area contributed by atoms with Crippen LogP contribution in [0.3, 0.4) is 0 Å². The number of nitrogens with one attached hydrogen (secondary N) is 1. The van der Waals surface area contributed by atoms with E-state index in [4.69, 9.17) is 5.73 Å². The van der Waals surface area contributed by atoms with E-state index in [1.807, 2.05) is 0 Å². The summed E-state index contributed by atoms with van der Waals surface area (Å²) in [5.74, 6) is 0.989. The van der Waals surface area contributed by atoms with Crippen LogP contribution in [0.15, 0.2) is 0 Å². The Labute approximate surface area is 87.4 Å². The summed E-state index contributed by atoms with van der Waals surface area (Å²) in [6.07, 6.45) is 1.84. The molecule has 0 bridgehead atoms. The Morgan fingerprint density at radius 2 is 1.93 bits per heavy atom. The number of carbonyl (C=O) groups excluding carboxylic acids is 1. The van der Waals surface area contributed by atoms with Gasteiger partial charge in [0, 0.05) is 6.54 Å². The lowest BCUT2D eigenvalue weighted by atomic mass is 10.0. The molecule has 0 spiro atoms. The molecule has 0 aliphatic carbocycles. The summed E-state index contributed by atoms with van der Waals surface area (Å²) in [6.45, 7) is 9.11. The van der Waals surface area contributed by atoms with Gasteiger partial charge in [-0.05, 0) is 18.3 Å². The van der Waals surface area contributed by atoms with E-state index in [1.54, 1.807) is 0 Å². The maximum Gasteiger partial charge on any atom is 0.236 e. The van der Waals surface area contributed by atoms with Crippen LogP contribution >= 0.6 is 0 Å². The summed E-state index contributed by atoms with van der Waals surface area (Å²) >= 11 is 0. The fourth-order valence-electron chi connectivity index (χ4n) is 1.17. The van der Waals surface area contributed by atoms with Crippen LogP contribution in [0.2, 0.25) is 0 Å². The van der Waals surface area contributed by atoms with Crippen LogP contribution in [0.25, 0.3) is 0 Å². The van der Waals surface area contributed by atoms with Crippen LogP contribution in [0.1, 0.15) is 40.5 Å². The first-order valence-electron chi connectivity index (χ1n) is 5.50. The molecule has 14 heavy (non-hydrogen) atoms. The Morgan fingerprint density at radius 3 is 2.36 bits per heavy atom. The number of rotatable bonds is 6. The van der Waals surface area contributed by atoms with Gasteiger partial charge in [0.2, 0.25) is 5.91 Å². The van der Waals surface area contributed by atoms with Crippen molar-refractivity contribution >= 4 is 5.91 Å². The monoisotopic (exact) mass is 200 g/mol. The third-order valence-electron chi connectivity index (χ3n) is 2.38. The molecule has 1 amide bonds. The van der Waals surface area contributed by atoms with Gasteiger partial charge in [-0.3, -0.25) is 4.79 Å². The summed E-state index contributed by atoms with van der Waals surface area (Å²) in [5, 5.41) is 2.87. The molecule has 0 aliphatic heterocycles. The summed E-state index contributed by atoms with van der Waals surface area (Å²) in [4.78, 5) is 11.5. The van der Waals surface area contributed by atoms with Crippen LogP contribution in [0.5, 0.6) is 0 Å². The van der Waals surface area contributed by atoms with Crippen molar-refractivity contribution in [3.63, 3.8) is 0 Å². The second-order valence-corrected chi connectivity index (χ2v) is 4.49. The third-order valence-corrected chi connectivity index (χ3v) is 2.38. The first-order chi connectivity index (χ1) is 6.47. The van der Waals surface area contributed by atoms with Crippen molar-refractivity contribution in [3.8, 4) is 0 Å². The number of amides is 1. The van der Waals surface area contributed by atoms with E-state index in [2.05, 4.69) is 33.0 Å². The molecule has 0 aromatic carbocycles. The minimum Gasteiger partial charge on any atom is -0.354 e. The lowest BCUT2D eigenvalue weighted by Gasteiger charge is -2.16. The molecule has 3 heteroatoms. The molecule has 84 valence electrons. The molecule has 0 aromatic rings. The van der Waals surface area contributed by atoms with Crippen molar-refractivity contribution in [2.75, 3.05) is 6.54 Å². The fourth-order valence-corrected chi connectivity index (χ4v) is 1.17. The normalized spacial score (nSPS) is 15.3. The van der Waals surface area contributed by atoms with E-state index >= 15 is 0 Å². The molecule has 3 nitrogen and oxygen atoms in total. The molecule has 0 radical (unpaired) electrons. The Balaban J connectivity index is 3.73. The Bertz CT molecular complexity index is 169. The molecule has 0 rings (SSSR count). The van der Waals surface area contributed by atoms with E-state index in [1.165, 1.54) is 0 Å². The van der Waals surface area contributed by atoms with Gasteiger partial charge >= 0.3 is 0 Å². The zero-order chi connectivity index (χ0) is 11.1. The van der Waals surface area contributed by atoms with Gasteiger partial charge < -0.3 is 11.1 Å². The lowest BCUT2D eigenvalue weighted by Crippen LogP contribution is -2.42. The molecule has 3 N–H and O–H groups in total. The smallest absolute Gasteiger partial charge is 0.236 e. The molecule has 0 saturated carbocycles. The standard InChI is InChI=1S/C11H24N2O/c1-5-9(4)7-13-11(14)10(12)6-8(2)3/h8-10H,5-7,12H2,1-4H3,(H,13,14)/t9?,10-/m0/s1. The minimum absolute atomic E-state index is 0.0148. The fraction of sp³-hybridized carbons (Fsp3) is 0.909. The van der Waals surface area contributed by atoms with E-state index in [9.17, 15) is 4.79 Å². The highest BCUT2D eigenvalue weighted by Crippen LogP contribution is 2.03. The molecular formula is C11H24N2O. The van der Waals surface area contributed by atoms with Gasteiger partial charge in [-0.15, -0.1) is 0 Å². The van der Waals surface area contributed by atoms with Crippen LogP contribution in [-0.2, 0) is 4.79 Å². The van der Waals surface area contributed by atoms with Crippen LogP contribution < -0.4 is 11.1 Å². The first-order valence-corrected chi connectivity index (χ1v) is 5.50. The molecule has 0 saturated heterocycles.